The molecule has 1 aromatic carbocycles. The van der Waals surface area contributed by atoms with Gasteiger partial charge in [-0.2, -0.15) is 0 Å². The lowest BCUT2D eigenvalue weighted by Gasteiger charge is -2.11. The van der Waals surface area contributed by atoms with Crippen molar-refractivity contribution in [1.29, 1.82) is 0 Å². The highest BCUT2D eigenvalue weighted by Crippen LogP contribution is 2.31. The predicted molar refractivity (Wildman–Crippen MR) is 78.6 cm³/mol. The van der Waals surface area contributed by atoms with Gasteiger partial charge in [0.05, 0.1) is 17.8 Å². The normalized spacial score (nSPS) is 13.1. The van der Waals surface area contributed by atoms with Crippen molar-refractivity contribution in [3.8, 4) is 0 Å². The van der Waals surface area contributed by atoms with Crippen LogP contribution in [0.3, 0.4) is 0 Å². The number of H-pyrrole nitrogens is 1. The zero-order valence-electron chi connectivity index (χ0n) is 11.1. The van der Waals surface area contributed by atoms with Crippen LogP contribution in [0.25, 0.3) is 0 Å². The number of aromatic nitrogens is 2. The van der Waals surface area contributed by atoms with E-state index in [1.165, 1.54) is 0 Å². The molecule has 0 saturated carbocycles. The molecule has 20 heavy (non-hydrogen) atoms. The highest BCUT2D eigenvalue weighted by atomic mass is 16.1. The number of anilines is 3. The van der Waals surface area contributed by atoms with Gasteiger partial charge in [-0.15, -0.1) is 0 Å². The van der Waals surface area contributed by atoms with E-state index in [1.54, 1.807) is 6.20 Å². The summed E-state index contributed by atoms with van der Waals surface area (Å²) in [6.45, 7) is 0.803. The first kappa shape index (κ1) is 12.5. The molecule has 2 aromatic rings. The van der Waals surface area contributed by atoms with E-state index < -0.39 is 0 Å². The minimum absolute atomic E-state index is 0.0226. The molecule has 1 aliphatic rings. The molecule has 0 bridgehead atoms. The number of rotatable bonds is 5. The first-order valence-electron chi connectivity index (χ1n) is 6.67. The third-order valence-corrected chi connectivity index (χ3v) is 3.36. The highest BCUT2D eigenvalue weighted by Gasteiger charge is 2.19. The molecule has 104 valence electrons. The Bertz CT molecular complexity index is 621. The molecule has 1 aliphatic heterocycles. The number of fused-ring (bicyclic) bond motifs is 1. The SMILES string of the molecule is Nc1cc2c(cc1NCCCc1ncc[nH]1)NC(=O)C2. The van der Waals surface area contributed by atoms with Crippen LogP contribution in [0.1, 0.15) is 17.8 Å². The van der Waals surface area contributed by atoms with Crippen LogP contribution in [0, 0.1) is 0 Å². The van der Waals surface area contributed by atoms with Crippen LogP contribution in [0.2, 0.25) is 0 Å². The summed E-state index contributed by atoms with van der Waals surface area (Å²) in [5.41, 5.74) is 9.37. The lowest BCUT2D eigenvalue weighted by molar-refractivity contribution is -0.115. The summed E-state index contributed by atoms with van der Waals surface area (Å²) in [6, 6.07) is 3.77. The van der Waals surface area contributed by atoms with Gasteiger partial charge in [-0.1, -0.05) is 0 Å². The van der Waals surface area contributed by atoms with Gasteiger partial charge in [-0.05, 0) is 24.1 Å². The fourth-order valence-corrected chi connectivity index (χ4v) is 2.36. The number of hydrogen-bond acceptors (Lipinski definition) is 4. The molecule has 2 heterocycles. The molecule has 0 spiro atoms. The Kier molecular flexibility index (Phi) is 3.28. The molecule has 1 amide bonds. The van der Waals surface area contributed by atoms with Crippen molar-refractivity contribution >= 4 is 23.0 Å². The van der Waals surface area contributed by atoms with E-state index in [4.69, 9.17) is 5.73 Å². The molecule has 5 N–H and O–H groups in total. The van der Waals surface area contributed by atoms with Gasteiger partial charge in [0.15, 0.2) is 0 Å². The number of carbonyl (C=O) groups is 1. The number of amides is 1. The van der Waals surface area contributed by atoms with Crippen LogP contribution in [-0.2, 0) is 17.6 Å². The monoisotopic (exact) mass is 271 g/mol. The average molecular weight is 271 g/mol. The molecule has 0 saturated heterocycles. The smallest absolute Gasteiger partial charge is 0.228 e. The zero-order valence-corrected chi connectivity index (χ0v) is 11.1. The highest BCUT2D eigenvalue weighted by molar-refractivity contribution is 6.00. The maximum atomic E-state index is 11.3. The summed E-state index contributed by atoms with van der Waals surface area (Å²) in [6.07, 6.45) is 5.84. The Morgan fingerprint density at radius 3 is 3.10 bits per heavy atom. The second kappa shape index (κ2) is 5.24. The summed E-state index contributed by atoms with van der Waals surface area (Å²) >= 11 is 0. The fourth-order valence-electron chi connectivity index (χ4n) is 2.36. The Morgan fingerprint density at radius 2 is 2.30 bits per heavy atom. The molecule has 0 aliphatic carbocycles. The molecular weight excluding hydrogens is 254 g/mol. The Labute approximate surface area is 116 Å². The fraction of sp³-hybridized carbons (Fsp3) is 0.286. The quantitative estimate of drug-likeness (QED) is 0.490. The van der Waals surface area contributed by atoms with E-state index in [-0.39, 0.29) is 5.91 Å². The second-order valence-corrected chi connectivity index (χ2v) is 4.89. The second-order valence-electron chi connectivity index (χ2n) is 4.89. The standard InChI is InChI=1S/C14H17N5O/c15-10-6-9-7-14(20)19-11(9)8-12(10)16-3-1-2-13-17-4-5-18-13/h4-6,8,16H,1-3,7,15H2,(H,17,18)(H,19,20). The van der Waals surface area contributed by atoms with Crippen LogP contribution in [0.15, 0.2) is 24.5 Å². The lowest BCUT2D eigenvalue weighted by Crippen LogP contribution is -2.06. The van der Waals surface area contributed by atoms with Crippen LogP contribution in [-0.4, -0.2) is 22.4 Å². The van der Waals surface area contributed by atoms with Crippen LogP contribution < -0.4 is 16.4 Å². The lowest BCUT2D eigenvalue weighted by atomic mass is 10.1. The van der Waals surface area contributed by atoms with Gasteiger partial charge < -0.3 is 21.4 Å². The molecule has 6 heteroatoms. The third kappa shape index (κ3) is 2.59. The van der Waals surface area contributed by atoms with E-state index in [1.807, 2.05) is 18.3 Å². The molecule has 0 atom stereocenters. The maximum absolute atomic E-state index is 11.3. The maximum Gasteiger partial charge on any atom is 0.228 e. The number of carbonyl (C=O) groups excluding carboxylic acids is 1. The zero-order chi connectivity index (χ0) is 13.9. The largest absolute Gasteiger partial charge is 0.397 e. The van der Waals surface area contributed by atoms with E-state index in [2.05, 4.69) is 20.6 Å². The van der Waals surface area contributed by atoms with Gasteiger partial charge >= 0.3 is 0 Å². The number of aromatic amines is 1. The summed E-state index contributed by atoms with van der Waals surface area (Å²) < 4.78 is 0. The van der Waals surface area contributed by atoms with Gasteiger partial charge in [0.1, 0.15) is 5.82 Å². The Morgan fingerprint density at radius 1 is 1.40 bits per heavy atom. The molecule has 3 rings (SSSR count). The summed E-state index contributed by atoms with van der Waals surface area (Å²) in [7, 11) is 0. The Hall–Kier alpha value is -2.50. The predicted octanol–water partition coefficient (Wildman–Crippen LogP) is 1.53. The van der Waals surface area contributed by atoms with Crippen molar-refractivity contribution < 1.29 is 4.79 Å². The van der Waals surface area contributed by atoms with Crippen LogP contribution in [0.4, 0.5) is 17.1 Å². The van der Waals surface area contributed by atoms with E-state index in [0.717, 1.165) is 42.1 Å². The third-order valence-electron chi connectivity index (χ3n) is 3.36. The number of nitrogens with two attached hydrogens (primary N) is 1. The summed E-state index contributed by atoms with van der Waals surface area (Å²) in [5.74, 6) is 1.01. The topological polar surface area (TPSA) is 95.8 Å². The van der Waals surface area contributed by atoms with Gasteiger partial charge in [0.2, 0.25) is 5.91 Å². The average Bonchev–Trinajstić information content (AvgIpc) is 3.03. The molecule has 1 aromatic heterocycles. The molecule has 6 nitrogen and oxygen atoms in total. The van der Waals surface area contributed by atoms with Gasteiger partial charge in [0.25, 0.3) is 0 Å². The number of nitrogen functional groups attached to an aromatic ring is 1. The van der Waals surface area contributed by atoms with Crippen molar-refractivity contribution in [1.82, 2.24) is 9.97 Å². The van der Waals surface area contributed by atoms with Crippen molar-refractivity contribution in [3.05, 3.63) is 35.9 Å². The number of hydrogen-bond donors (Lipinski definition) is 4. The van der Waals surface area contributed by atoms with Crippen molar-refractivity contribution in [2.45, 2.75) is 19.3 Å². The Balaban J connectivity index is 1.58. The van der Waals surface area contributed by atoms with Crippen LogP contribution >= 0.6 is 0 Å². The van der Waals surface area contributed by atoms with Crippen LogP contribution in [0.5, 0.6) is 0 Å². The van der Waals surface area contributed by atoms with Crippen molar-refractivity contribution in [2.75, 3.05) is 22.9 Å². The summed E-state index contributed by atoms with van der Waals surface area (Å²) in [5, 5.41) is 6.13. The van der Waals surface area contributed by atoms with E-state index in [0.29, 0.717) is 12.1 Å². The van der Waals surface area contributed by atoms with E-state index in [9.17, 15) is 4.79 Å². The van der Waals surface area contributed by atoms with Crippen molar-refractivity contribution in [2.24, 2.45) is 0 Å². The van der Waals surface area contributed by atoms with Gasteiger partial charge in [0, 0.05) is 31.0 Å². The van der Waals surface area contributed by atoms with Crippen molar-refractivity contribution in [3.63, 3.8) is 0 Å². The van der Waals surface area contributed by atoms with Gasteiger partial charge in [-0.25, -0.2) is 4.98 Å². The van der Waals surface area contributed by atoms with Gasteiger partial charge in [-0.3, -0.25) is 4.79 Å². The molecule has 0 unspecified atom stereocenters. The number of aryl methyl sites for hydroxylation is 1. The summed E-state index contributed by atoms with van der Waals surface area (Å²) in [4.78, 5) is 18.6. The first-order chi connectivity index (χ1) is 9.72. The number of nitrogens with one attached hydrogen (secondary N) is 3. The number of benzene rings is 1. The number of imidazole rings is 1. The molecule has 0 fully saturated rings. The molecule has 0 radical (unpaired) electrons. The number of nitrogens with zero attached hydrogens (tertiary/aromatic N) is 1. The minimum Gasteiger partial charge on any atom is -0.397 e. The minimum atomic E-state index is 0.0226. The van der Waals surface area contributed by atoms with E-state index >= 15 is 0 Å². The molecular formula is C14H17N5O. The first-order valence-corrected chi connectivity index (χ1v) is 6.67.